The van der Waals surface area contributed by atoms with Gasteiger partial charge in [0, 0.05) is 49.2 Å². The fraction of sp³-hybridized carbons (Fsp3) is 0.500. The van der Waals surface area contributed by atoms with Crippen molar-refractivity contribution in [2.24, 2.45) is 13.0 Å². The molecule has 1 unspecified atom stereocenters. The van der Waals surface area contributed by atoms with Crippen LogP contribution in [-0.4, -0.2) is 45.3 Å². The van der Waals surface area contributed by atoms with Crippen LogP contribution in [-0.2, 0) is 29.6 Å². The standard InChI is InChI=1S/C22H29ClN2O4/c1-24-10-9-19(21(26)25-11-8-17(14-25)22(27)28)20(24)7-2-3-12-29-15-16-5-4-6-18(23)13-16/h4-6,9-10,13,17,21,26H,2-3,7-8,11-12,14-15H2,1H3,(H,27,28)/t17-,21?/m0/s1. The van der Waals surface area contributed by atoms with Crippen molar-refractivity contribution in [1.29, 1.82) is 0 Å². The Morgan fingerprint density at radius 3 is 2.90 bits per heavy atom. The van der Waals surface area contributed by atoms with Crippen molar-refractivity contribution in [3.05, 3.63) is 58.4 Å². The van der Waals surface area contributed by atoms with Gasteiger partial charge in [-0.05, 0) is 49.4 Å². The fourth-order valence-corrected chi connectivity index (χ4v) is 4.07. The van der Waals surface area contributed by atoms with E-state index in [4.69, 9.17) is 16.3 Å². The maximum absolute atomic E-state index is 11.2. The third kappa shape index (κ3) is 5.82. The summed E-state index contributed by atoms with van der Waals surface area (Å²) in [5.41, 5.74) is 3.03. The Morgan fingerprint density at radius 2 is 2.17 bits per heavy atom. The number of aliphatic hydroxyl groups excluding tert-OH is 1. The number of aryl methyl sites for hydroxylation is 1. The minimum atomic E-state index is -0.786. The van der Waals surface area contributed by atoms with Crippen LogP contribution in [0.2, 0.25) is 5.02 Å². The molecule has 6 nitrogen and oxygen atoms in total. The summed E-state index contributed by atoms with van der Waals surface area (Å²) in [6, 6.07) is 9.61. The number of hydrogen-bond acceptors (Lipinski definition) is 4. The summed E-state index contributed by atoms with van der Waals surface area (Å²) in [6.45, 7) is 2.21. The molecule has 7 heteroatoms. The molecule has 0 bridgehead atoms. The number of carbonyl (C=O) groups is 1. The van der Waals surface area contributed by atoms with Gasteiger partial charge in [-0.3, -0.25) is 9.69 Å². The molecular weight excluding hydrogens is 392 g/mol. The molecule has 2 atom stereocenters. The van der Waals surface area contributed by atoms with Gasteiger partial charge < -0.3 is 19.5 Å². The van der Waals surface area contributed by atoms with Crippen molar-refractivity contribution in [3.8, 4) is 0 Å². The second kappa shape index (κ2) is 10.3. The van der Waals surface area contributed by atoms with Crippen molar-refractivity contribution in [3.63, 3.8) is 0 Å². The molecule has 1 fully saturated rings. The number of likely N-dealkylation sites (tertiary alicyclic amines) is 1. The lowest BCUT2D eigenvalue weighted by Gasteiger charge is -2.23. The molecule has 0 amide bonds. The third-order valence-corrected chi connectivity index (χ3v) is 5.77. The highest BCUT2D eigenvalue weighted by Gasteiger charge is 2.33. The van der Waals surface area contributed by atoms with Gasteiger partial charge >= 0.3 is 5.97 Å². The number of aromatic nitrogens is 1. The molecule has 1 saturated heterocycles. The first-order valence-corrected chi connectivity index (χ1v) is 10.4. The van der Waals surface area contributed by atoms with Gasteiger partial charge in [0.25, 0.3) is 0 Å². The van der Waals surface area contributed by atoms with Gasteiger partial charge in [0.1, 0.15) is 6.23 Å². The fourth-order valence-electron chi connectivity index (χ4n) is 3.86. The van der Waals surface area contributed by atoms with E-state index < -0.39 is 18.1 Å². The summed E-state index contributed by atoms with van der Waals surface area (Å²) in [5.74, 6) is -1.18. The van der Waals surface area contributed by atoms with E-state index in [0.29, 0.717) is 37.7 Å². The summed E-state index contributed by atoms with van der Waals surface area (Å²) in [4.78, 5) is 13.0. The third-order valence-electron chi connectivity index (χ3n) is 5.54. The first-order chi connectivity index (χ1) is 14.0. The predicted molar refractivity (Wildman–Crippen MR) is 112 cm³/mol. The van der Waals surface area contributed by atoms with E-state index in [2.05, 4.69) is 0 Å². The Hall–Kier alpha value is -1.86. The topological polar surface area (TPSA) is 74.9 Å². The van der Waals surface area contributed by atoms with Crippen LogP contribution in [0.1, 0.15) is 42.3 Å². The van der Waals surface area contributed by atoms with Crippen molar-refractivity contribution in [1.82, 2.24) is 9.47 Å². The average Bonchev–Trinajstić information content (AvgIpc) is 3.32. The number of carboxylic acid groups (broad SMARTS) is 1. The molecule has 158 valence electrons. The van der Waals surface area contributed by atoms with Crippen LogP contribution < -0.4 is 0 Å². The van der Waals surface area contributed by atoms with Crippen molar-refractivity contribution in [2.75, 3.05) is 19.7 Å². The summed E-state index contributed by atoms with van der Waals surface area (Å²) < 4.78 is 7.78. The Balaban J connectivity index is 1.45. The van der Waals surface area contributed by atoms with E-state index in [-0.39, 0.29) is 0 Å². The van der Waals surface area contributed by atoms with Gasteiger partial charge in [-0.1, -0.05) is 23.7 Å². The molecule has 1 aromatic heterocycles. The molecule has 0 saturated carbocycles. The summed E-state index contributed by atoms with van der Waals surface area (Å²) in [5, 5.41) is 20.7. The first kappa shape index (κ1) is 21.8. The van der Waals surface area contributed by atoms with Crippen LogP contribution in [0.25, 0.3) is 0 Å². The largest absolute Gasteiger partial charge is 0.481 e. The smallest absolute Gasteiger partial charge is 0.307 e. The van der Waals surface area contributed by atoms with Crippen molar-refractivity contribution < 1.29 is 19.7 Å². The number of aliphatic carboxylic acids is 1. The molecule has 0 spiro atoms. The zero-order valence-corrected chi connectivity index (χ0v) is 17.5. The molecule has 3 rings (SSSR count). The van der Waals surface area contributed by atoms with Crippen LogP contribution in [0.3, 0.4) is 0 Å². The van der Waals surface area contributed by atoms with Crippen LogP contribution in [0.15, 0.2) is 36.5 Å². The number of unbranched alkanes of at least 4 members (excludes halogenated alkanes) is 1. The van der Waals surface area contributed by atoms with Gasteiger partial charge in [-0.15, -0.1) is 0 Å². The Morgan fingerprint density at radius 1 is 1.34 bits per heavy atom. The predicted octanol–water partition coefficient (Wildman–Crippen LogP) is 3.62. The molecule has 1 aliphatic heterocycles. The second-order valence-corrected chi connectivity index (χ2v) is 8.10. The van der Waals surface area contributed by atoms with Crippen LogP contribution in [0, 0.1) is 5.92 Å². The van der Waals surface area contributed by atoms with Gasteiger partial charge in [0.15, 0.2) is 0 Å². The maximum atomic E-state index is 11.2. The van der Waals surface area contributed by atoms with Gasteiger partial charge in [0.2, 0.25) is 0 Å². The number of nitrogens with zero attached hydrogens (tertiary/aromatic N) is 2. The number of hydrogen-bond donors (Lipinski definition) is 2. The molecule has 1 aromatic carbocycles. The van der Waals surface area contributed by atoms with E-state index >= 15 is 0 Å². The van der Waals surface area contributed by atoms with E-state index in [9.17, 15) is 15.0 Å². The second-order valence-electron chi connectivity index (χ2n) is 7.66. The molecule has 1 aliphatic rings. The lowest BCUT2D eigenvalue weighted by molar-refractivity contribution is -0.141. The summed E-state index contributed by atoms with van der Waals surface area (Å²) >= 11 is 5.98. The number of carboxylic acids is 1. The molecule has 2 heterocycles. The zero-order chi connectivity index (χ0) is 20.8. The molecule has 0 radical (unpaired) electrons. The SMILES string of the molecule is Cn1ccc(C(O)N2CC[C@H](C(=O)O)C2)c1CCCCOCc1cccc(Cl)c1. The number of benzene rings is 1. The quantitative estimate of drug-likeness (QED) is 0.574. The average molecular weight is 421 g/mol. The van der Waals surface area contributed by atoms with Gasteiger partial charge in [-0.25, -0.2) is 0 Å². The van der Waals surface area contributed by atoms with E-state index in [1.54, 1.807) is 0 Å². The number of halogens is 1. The summed E-state index contributed by atoms with van der Waals surface area (Å²) in [7, 11) is 1.98. The van der Waals surface area contributed by atoms with Crippen LogP contribution in [0.5, 0.6) is 0 Å². The molecule has 2 aromatic rings. The lowest BCUT2D eigenvalue weighted by atomic mass is 10.1. The van der Waals surface area contributed by atoms with Crippen LogP contribution in [0.4, 0.5) is 0 Å². The van der Waals surface area contributed by atoms with E-state index in [0.717, 1.165) is 36.1 Å². The van der Waals surface area contributed by atoms with Crippen molar-refractivity contribution in [2.45, 2.75) is 38.5 Å². The van der Waals surface area contributed by atoms with Crippen molar-refractivity contribution >= 4 is 17.6 Å². The minimum Gasteiger partial charge on any atom is -0.481 e. The molecular formula is C22H29ClN2O4. The van der Waals surface area contributed by atoms with Gasteiger partial charge in [-0.2, -0.15) is 0 Å². The highest BCUT2D eigenvalue weighted by atomic mass is 35.5. The first-order valence-electron chi connectivity index (χ1n) is 10.1. The van der Waals surface area contributed by atoms with E-state index in [1.165, 1.54) is 0 Å². The molecule has 0 aliphatic carbocycles. The normalized spacial score (nSPS) is 18.2. The molecule has 29 heavy (non-hydrogen) atoms. The van der Waals surface area contributed by atoms with Crippen LogP contribution >= 0.6 is 11.6 Å². The number of rotatable bonds is 10. The minimum absolute atomic E-state index is 0.391. The van der Waals surface area contributed by atoms with E-state index in [1.807, 2.05) is 53.0 Å². The summed E-state index contributed by atoms with van der Waals surface area (Å²) in [6.07, 6.45) is 4.49. The number of aliphatic hydroxyl groups is 1. The highest BCUT2D eigenvalue weighted by Crippen LogP contribution is 2.29. The zero-order valence-electron chi connectivity index (χ0n) is 16.8. The highest BCUT2D eigenvalue weighted by molar-refractivity contribution is 6.30. The Labute approximate surface area is 176 Å². The molecule has 2 N–H and O–H groups in total. The monoisotopic (exact) mass is 420 g/mol. The Kier molecular flexibility index (Phi) is 7.72. The lowest BCUT2D eigenvalue weighted by Crippen LogP contribution is -2.28. The number of ether oxygens (including phenoxy) is 1. The maximum Gasteiger partial charge on any atom is 0.307 e. The Bertz CT molecular complexity index is 823. The van der Waals surface area contributed by atoms with Gasteiger partial charge in [0.05, 0.1) is 12.5 Å².